The van der Waals surface area contributed by atoms with Gasteiger partial charge in [-0.1, -0.05) is 12.1 Å². The Bertz CT molecular complexity index is 675. The number of nitrogens with two attached hydrogens (primary N) is 1. The molecule has 0 spiro atoms. The Morgan fingerprint density at radius 1 is 1.24 bits per heavy atom. The monoisotopic (exact) mass is 291 g/mol. The molecule has 0 saturated carbocycles. The zero-order valence-electron chi connectivity index (χ0n) is 11.3. The number of carboxylic acids is 2. The Morgan fingerprint density at radius 2 is 1.81 bits per heavy atom. The summed E-state index contributed by atoms with van der Waals surface area (Å²) in [5.74, 6) is -2.85. The van der Waals surface area contributed by atoms with E-state index in [-0.39, 0.29) is 17.7 Å². The largest absolute Gasteiger partial charge is 0.481 e. The molecule has 0 aromatic heterocycles. The third-order valence-corrected chi connectivity index (χ3v) is 3.66. The van der Waals surface area contributed by atoms with Crippen LogP contribution in [0.15, 0.2) is 41.6 Å². The van der Waals surface area contributed by atoms with Crippen molar-refractivity contribution in [3.05, 3.63) is 53.0 Å². The number of benzene rings is 1. The summed E-state index contributed by atoms with van der Waals surface area (Å²) in [6.07, 6.45) is 1.11. The average molecular weight is 291 g/mol. The minimum atomic E-state index is -1.44. The molecule has 0 heterocycles. The normalized spacial score (nSPS) is 21.9. The molecule has 1 atom stereocenters. The second kappa shape index (κ2) is 5.05. The average Bonchev–Trinajstić information content (AvgIpc) is 2.41. The lowest BCUT2D eigenvalue weighted by Gasteiger charge is -2.32. The number of halogens is 1. The van der Waals surface area contributed by atoms with Gasteiger partial charge in [0.25, 0.3) is 0 Å². The van der Waals surface area contributed by atoms with Gasteiger partial charge in [-0.05, 0) is 36.3 Å². The van der Waals surface area contributed by atoms with E-state index in [0.29, 0.717) is 11.1 Å². The van der Waals surface area contributed by atoms with Crippen LogP contribution in [0.1, 0.15) is 18.9 Å². The summed E-state index contributed by atoms with van der Waals surface area (Å²) in [7, 11) is 0. The van der Waals surface area contributed by atoms with Crippen molar-refractivity contribution in [1.29, 1.82) is 0 Å². The lowest BCUT2D eigenvalue weighted by Crippen LogP contribution is -2.34. The highest BCUT2D eigenvalue weighted by molar-refractivity contribution is 5.98. The predicted octanol–water partition coefficient (Wildman–Crippen LogP) is 2.00. The maximum absolute atomic E-state index is 13.0. The van der Waals surface area contributed by atoms with Gasteiger partial charge >= 0.3 is 11.9 Å². The summed E-state index contributed by atoms with van der Waals surface area (Å²) in [6.45, 7) is 1.43. The van der Waals surface area contributed by atoms with Gasteiger partial charge in [0.15, 0.2) is 0 Å². The number of hydrogen-bond donors (Lipinski definition) is 3. The van der Waals surface area contributed by atoms with Gasteiger partial charge < -0.3 is 15.9 Å². The highest BCUT2D eigenvalue weighted by Gasteiger charge is 2.43. The molecule has 2 rings (SSSR count). The second-order valence-corrected chi connectivity index (χ2v) is 5.12. The van der Waals surface area contributed by atoms with Crippen LogP contribution in [0.3, 0.4) is 0 Å². The quantitative estimate of drug-likeness (QED) is 0.790. The van der Waals surface area contributed by atoms with Gasteiger partial charge in [-0.15, -0.1) is 0 Å². The van der Waals surface area contributed by atoms with Crippen LogP contribution < -0.4 is 5.73 Å². The van der Waals surface area contributed by atoms with E-state index in [9.17, 15) is 19.1 Å². The van der Waals surface area contributed by atoms with Crippen LogP contribution >= 0.6 is 0 Å². The summed E-state index contributed by atoms with van der Waals surface area (Å²) in [5.41, 5.74) is 5.01. The first-order chi connectivity index (χ1) is 9.75. The van der Waals surface area contributed by atoms with E-state index in [1.807, 2.05) is 0 Å². The number of rotatable bonds is 3. The molecule has 0 saturated heterocycles. The number of carbonyl (C=O) groups is 2. The molecule has 1 aliphatic rings. The van der Waals surface area contributed by atoms with Crippen LogP contribution in [-0.4, -0.2) is 22.2 Å². The van der Waals surface area contributed by atoms with Gasteiger partial charge in [0.1, 0.15) is 5.82 Å². The molecule has 4 N–H and O–H groups in total. The maximum atomic E-state index is 13.0. The van der Waals surface area contributed by atoms with E-state index < -0.39 is 23.2 Å². The molecule has 1 aliphatic carbocycles. The van der Waals surface area contributed by atoms with Crippen molar-refractivity contribution < 1.29 is 24.2 Å². The maximum Gasteiger partial charge on any atom is 0.333 e. The molecule has 0 fully saturated rings. The van der Waals surface area contributed by atoms with Gasteiger partial charge in [0.05, 0.1) is 11.0 Å². The van der Waals surface area contributed by atoms with Crippen molar-refractivity contribution in [2.45, 2.75) is 13.3 Å². The first-order valence-electron chi connectivity index (χ1n) is 6.19. The topological polar surface area (TPSA) is 101 Å². The fourth-order valence-electron chi connectivity index (χ4n) is 2.37. The lowest BCUT2D eigenvalue weighted by molar-refractivity contribution is -0.144. The van der Waals surface area contributed by atoms with Crippen molar-refractivity contribution >= 4 is 17.5 Å². The predicted molar refractivity (Wildman–Crippen MR) is 73.6 cm³/mol. The van der Waals surface area contributed by atoms with Gasteiger partial charge in [0, 0.05) is 12.1 Å². The van der Waals surface area contributed by atoms with Crippen molar-refractivity contribution in [3.63, 3.8) is 0 Å². The van der Waals surface area contributed by atoms with Crippen LogP contribution in [0.25, 0.3) is 5.57 Å². The lowest BCUT2D eigenvalue weighted by atomic mass is 9.70. The fraction of sp³-hybridized carbons (Fsp3) is 0.200. The number of allylic oxidation sites excluding steroid dienone is 1. The molecule has 5 nitrogen and oxygen atoms in total. The van der Waals surface area contributed by atoms with Crippen LogP contribution in [0, 0.1) is 11.2 Å². The molecule has 0 aliphatic heterocycles. The highest BCUT2D eigenvalue weighted by Crippen LogP contribution is 2.44. The minimum Gasteiger partial charge on any atom is -0.481 e. The van der Waals surface area contributed by atoms with Crippen LogP contribution in [0.2, 0.25) is 0 Å². The van der Waals surface area contributed by atoms with E-state index in [1.54, 1.807) is 0 Å². The molecule has 21 heavy (non-hydrogen) atoms. The van der Waals surface area contributed by atoms with E-state index in [2.05, 4.69) is 0 Å². The van der Waals surface area contributed by atoms with E-state index in [0.717, 1.165) is 0 Å². The standard InChI is InChI=1S/C15H14FNO4/c1-15(14(20)21)7-10(13(18)19)12(17)6-11(15)8-2-4-9(16)5-3-8/h2-6H,7,17H2,1H3,(H,18,19)(H,20,21). The van der Waals surface area contributed by atoms with Crippen molar-refractivity contribution in [3.8, 4) is 0 Å². The molecule has 0 radical (unpaired) electrons. The van der Waals surface area contributed by atoms with Gasteiger partial charge in [-0.2, -0.15) is 0 Å². The minimum absolute atomic E-state index is 0.0144. The van der Waals surface area contributed by atoms with E-state index in [4.69, 9.17) is 10.8 Å². The van der Waals surface area contributed by atoms with Crippen LogP contribution in [-0.2, 0) is 9.59 Å². The zero-order valence-corrected chi connectivity index (χ0v) is 11.3. The van der Waals surface area contributed by atoms with Crippen LogP contribution in [0.4, 0.5) is 4.39 Å². The van der Waals surface area contributed by atoms with Crippen molar-refractivity contribution in [2.24, 2.45) is 11.1 Å². The molecule has 0 amide bonds. The smallest absolute Gasteiger partial charge is 0.333 e. The Morgan fingerprint density at radius 3 is 2.29 bits per heavy atom. The van der Waals surface area contributed by atoms with E-state index in [1.165, 1.54) is 37.3 Å². The summed E-state index contributed by atoms with van der Waals surface area (Å²) >= 11 is 0. The number of aliphatic carboxylic acids is 2. The van der Waals surface area contributed by atoms with Gasteiger partial charge in [-0.3, -0.25) is 4.79 Å². The molecule has 1 unspecified atom stereocenters. The van der Waals surface area contributed by atoms with Gasteiger partial charge in [-0.25, -0.2) is 9.18 Å². The van der Waals surface area contributed by atoms with E-state index >= 15 is 0 Å². The Balaban J connectivity index is 2.63. The zero-order chi connectivity index (χ0) is 15.8. The van der Waals surface area contributed by atoms with Crippen molar-refractivity contribution in [2.75, 3.05) is 0 Å². The fourth-order valence-corrected chi connectivity index (χ4v) is 2.37. The number of carboxylic acid groups (broad SMARTS) is 2. The summed E-state index contributed by atoms with van der Waals surface area (Å²) in [6, 6.07) is 5.32. The molecule has 0 bridgehead atoms. The molecular weight excluding hydrogens is 277 g/mol. The Kier molecular flexibility index (Phi) is 3.55. The molecule has 6 heteroatoms. The Hall–Kier alpha value is -2.63. The molecule has 1 aromatic rings. The van der Waals surface area contributed by atoms with Crippen molar-refractivity contribution in [1.82, 2.24) is 0 Å². The molecule has 1 aromatic carbocycles. The molecular formula is C15H14FNO4. The molecule has 110 valence electrons. The first-order valence-corrected chi connectivity index (χ1v) is 6.19. The Labute approximate surface area is 120 Å². The van der Waals surface area contributed by atoms with Gasteiger partial charge in [0.2, 0.25) is 0 Å². The summed E-state index contributed by atoms with van der Waals surface area (Å²) in [5, 5.41) is 18.6. The number of hydrogen-bond acceptors (Lipinski definition) is 3. The summed E-state index contributed by atoms with van der Waals surface area (Å²) in [4.78, 5) is 22.8. The second-order valence-electron chi connectivity index (χ2n) is 5.12. The SMILES string of the molecule is CC1(C(=O)O)CC(C(=O)O)=C(N)C=C1c1ccc(F)cc1. The van der Waals surface area contributed by atoms with Crippen LogP contribution in [0.5, 0.6) is 0 Å². The highest BCUT2D eigenvalue weighted by atomic mass is 19.1. The third kappa shape index (κ3) is 2.52. The summed E-state index contributed by atoms with van der Waals surface area (Å²) < 4.78 is 13.0. The third-order valence-electron chi connectivity index (χ3n) is 3.66. The first kappa shape index (κ1) is 14.8.